The number of aromatic nitrogens is 2. The molecule has 0 saturated carbocycles. The molecule has 0 spiro atoms. The van der Waals surface area contributed by atoms with E-state index in [1.807, 2.05) is 54.2 Å². The number of amides is 1. The first-order valence-corrected chi connectivity index (χ1v) is 8.77. The molecule has 1 saturated heterocycles. The molecule has 0 radical (unpaired) electrons. The summed E-state index contributed by atoms with van der Waals surface area (Å²) in [4.78, 5) is 14.7. The summed E-state index contributed by atoms with van der Waals surface area (Å²) in [6.45, 7) is 0.789. The summed E-state index contributed by atoms with van der Waals surface area (Å²) in [6, 6.07) is 7.94. The molecule has 0 unspecified atom stereocenters. The molecule has 4 nitrogen and oxygen atoms in total. The third-order valence-corrected chi connectivity index (χ3v) is 5.09. The smallest absolute Gasteiger partial charge is 0.227 e. The molecule has 3 rings (SSSR count). The Morgan fingerprint density at radius 3 is 2.86 bits per heavy atom. The minimum absolute atomic E-state index is 0.125. The van der Waals surface area contributed by atoms with Crippen LogP contribution < -0.4 is 0 Å². The Labute approximate surface area is 139 Å². The lowest BCUT2D eigenvalue weighted by atomic mass is 10.1. The van der Waals surface area contributed by atoms with Gasteiger partial charge in [-0.3, -0.25) is 9.48 Å². The summed E-state index contributed by atoms with van der Waals surface area (Å²) >= 11 is 7.85. The summed E-state index contributed by atoms with van der Waals surface area (Å²) in [5, 5.41) is 4.85. The maximum Gasteiger partial charge on any atom is 0.227 e. The number of benzene rings is 1. The predicted octanol–water partition coefficient (Wildman–Crippen LogP) is 2.93. The Balaban J connectivity index is 1.77. The van der Waals surface area contributed by atoms with Gasteiger partial charge in [-0.2, -0.15) is 16.9 Å². The van der Waals surface area contributed by atoms with Crippen LogP contribution in [0, 0.1) is 0 Å². The number of aryl methyl sites for hydroxylation is 1. The average Bonchev–Trinajstić information content (AvgIpc) is 2.93. The van der Waals surface area contributed by atoms with Gasteiger partial charge in [0.25, 0.3) is 0 Å². The van der Waals surface area contributed by atoms with E-state index in [0.717, 1.165) is 34.2 Å². The van der Waals surface area contributed by atoms with E-state index < -0.39 is 0 Å². The van der Waals surface area contributed by atoms with Gasteiger partial charge in [0.05, 0.1) is 18.7 Å². The Hall–Kier alpha value is -1.46. The highest BCUT2D eigenvalue weighted by Crippen LogP contribution is 2.30. The van der Waals surface area contributed by atoms with Gasteiger partial charge in [0.2, 0.25) is 5.91 Å². The van der Waals surface area contributed by atoms with Gasteiger partial charge in [-0.25, -0.2) is 0 Å². The molecule has 1 amide bonds. The van der Waals surface area contributed by atoms with Gasteiger partial charge in [0, 0.05) is 36.3 Å². The van der Waals surface area contributed by atoms with Crippen molar-refractivity contribution >= 4 is 29.3 Å². The van der Waals surface area contributed by atoms with Crippen LogP contribution in [0.4, 0.5) is 0 Å². The zero-order valence-corrected chi connectivity index (χ0v) is 14.0. The Kier molecular flexibility index (Phi) is 4.74. The highest BCUT2D eigenvalue weighted by atomic mass is 35.5. The third-order valence-electron chi connectivity index (χ3n) is 3.82. The topological polar surface area (TPSA) is 38.1 Å². The molecule has 1 aliphatic rings. The number of carbonyl (C=O) groups is 1. The quantitative estimate of drug-likeness (QED) is 0.865. The average molecular weight is 336 g/mol. The standard InChI is InChI=1S/C16H18ClN3OS/c1-19-10-12(9-18-19)8-16(21)20-6-7-22-11-15(20)13-2-4-14(17)5-3-13/h2-5,9-10,15H,6-8,11H2,1H3/t15-/m1/s1. The fourth-order valence-corrected chi connectivity index (χ4v) is 3.92. The van der Waals surface area contributed by atoms with Crippen LogP contribution in [0.2, 0.25) is 5.02 Å². The first-order valence-electron chi connectivity index (χ1n) is 7.23. The van der Waals surface area contributed by atoms with E-state index >= 15 is 0 Å². The molecule has 1 atom stereocenters. The number of nitrogens with zero attached hydrogens (tertiary/aromatic N) is 3. The van der Waals surface area contributed by atoms with Crippen molar-refractivity contribution in [1.82, 2.24) is 14.7 Å². The first-order chi connectivity index (χ1) is 10.6. The maximum atomic E-state index is 12.7. The van der Waals surface area contributed by atoms with E-state index in [2.05, 4.69) is 5.10 Å². The molecule has 1 fully saturated rings. The third kappa shape index (κ3) is 3.47. The lowest BCUT2D eigenvalue weighted by Crippen LogP contribution is -2.41. The van der Waals surface area contributed by atoms with Crippen molar-refractivity contribution < 1.29 is 4.79 Å². The molecule has 116 valence electrons. The largest absolute Gasteiger partial charge is 0.334 e. The normalized spacial score (nSPS) is 18.5. The summed E-state index contributed by atoms with van der Waals surface area (Å²) in [7, 11) is 1.86. The molecule has 1 aliphatic heterocycles. The number of carbonyl (C=O) groups excluding carboxylic acids is 1. The summed E-state index contributed by atoms with van der Waals surface area (Å²) in [5.41, 5.74) is 2.11. The Morgan fingerprint density at radius 2 is 2.18 bits per heavy atom. The van der Waals surface area contributed by atoms with Crippen LogP contribution in [-0.4, -0.2) is 38.6 Å². The SMILES string of the molecule is Cn1cc(CC(=O)N2CCSC[C@@H]2c2ccc(Cl)cc2)cn1. The first kappa shape index (κ1) is 15.4. The summed E-state index contributed by atoms with van der Waals surface area (Å²) in [5.74, 6) is 2.08. The van der Waals surface area contributed by atoms with Gasteiger partial charge in [0.1, 0.15) is 0 Å². The van der Waals surface area contributed by atoms with Crippen molar-refractivity contribution in [2.45, 2.75) is 12.5 Å². The molecule has 2 aromatic rings. The van der Waals surface area contributed by atoms with E-state index in [4.69, 9.17) is 11.6 Å². The van der Waals surface area contributed by atoms with Gasteiger partial charge in [0.15, 0.2) is 0 Å². The number of hydrogen-bond donors (Lipinski definition) is 0. The van der Waals surface area contributed by atoms with Crippen LogP contribution in [0.5, 0.6) is 0 Å². The molecule has 2 heterocycles. The Bertz CT molecular complexity index is 656. The fourth-order valence-electron chi connectivity index (χ4n) is 2.70. The zero-order valence-electron chi connectivity index (χ0n) is 12.4. The van der Waals surface area contributed by atoms with Crippen LogP contribution in [0.1, 0.15) is 17.2 Å². The van der Waals surface area contributed by atoms with E-state index in [1.165, 1.54) is 0 Å². The molecule has 0 bridgehead atoms. The maximum absolute atomic E-state index is 12.7. The Morgan fingerprint density at radius 1 is 1.41 bits per heavy atom. The predicted molar refractivity (Wildman–Crippen MR) is 90.1 cm³/mol. The molecule has 0 N–H and O–H groups in total. The monoisotopic (exact) mass is 335 g/mol. The van der Waals surface area contributed by atoms with Crippen molar-refractivity contribution in [2.24, 2.45) is 7.05 Å². The molecule has 6 heteroatoms. The van der Waals surface area contributed by atoms with Gasteiger partial charge in [-0.15, -0.1) is 0 Å². The highest BCUT2D eigenvalue weighted by molar-refractivity contribution is 7.99. The van der Waals surface area contributed by atoms with E-state index in [1.54, 1.807) is 10.9 Å². The van der Waals surface area contributed by atoms with Crippen molar-refractivity contribution in [3.8, 4) is 0 Å². The summed E-state index contributed by atoms with van der Waals surface area (Å²) < 4.78 is 1.73. The van der Waals surface area contributed by atoms with Crippen molar-refractivity contribution in [2.75, 3.05) is 18.1 Å². The number of thioether (sulfide) groups is 1. The van der Waals surface area contributed by atoms with Crippen molar-refractivity contribution in [3.63, 3.8) is 0 Å². The van der Waals surface area contributed by atoms with E-state index in [0.29, 0.717) is 6.42 Å². The lowest BCUT2D eigenvalue weighted by molar-refractivity contribution is -0.132. The van der Waals surface area contributed by atoms with Crippen LogP contribution >= 0.6 is 23.4 Å². The van der Waals surface area contributed by atoms with Crippen molar-refractivity contribution in [3.05, 3.63) is 52.8 Å². The van der Waals surface area contributed by atoms with Crippen LogP contribution in [0.25, 0.3) is 0 Å². The second-order valence-electron chi connectivity index (χ2n) is 5.43. The van der Waals surface area contributed by atoms with Gasteiger partial charge in [-0.1, -0.05) is 23.7 Å². The fraction of sp³-hybridized carbons (Fsp3) is 0.375. The minimum atomic E-state index is 0.125. The molecular formula is C16H18ClN3OS. The number of rotatable bonds is 3. The van der Waals surface area contributed by atoms with Crippen LogP contribution in [0.3, 0.4) is 0 Å². The van der Waals surface area contributed by atoms with Crippen LogP contribution in [0.15, 0.2) is 36.7 Å². The van der Waals surface area contributed by atoms with E-state index in [-0.39, 0.29) is 11.9 Å². The molecule has 1 aromatic heterocycles. The molecular weight excluding hydrogens is 318 g/mol. The highest BCUT2D eigenvalue weighted by Gasteiger charge is 2.28. The van der Waals surface area contributed by atoms with Crippen molar-refractivity contribution in [1.29, 1.82) is 0 Å². The zero-order chi connectivity index (χ0) is 15.5. The molecule has 1 aromatic carbocycles. The van der Waals surface area contributed by atoms with Gasteiger partial charge in [-0.05, 0) is 23.3 Å². The van der Waals surface area contributed by atoms with Gasteiger partial charge >= 0.3 is 0 Å². The number of halogens is 1. The molecule has 22 heavy (non-hydrogen) atoms. The lowest BCUT2D eigenvalue weighted by Gasteiger charge is -2.36. The van der Waals surface area contributed by atoms with Gasteiger partial charge < -0.3 is 4.90 Å². The van der Waals surface area contributed by atoms with Crippen LogP contribution in [-0.2, 0) is 18.3 Å². The number of hydrogen-bond acceptors (Lipinski definition) is 3. The molecule has 0 aliphatic carbocycles. The second kappa shape index (κ2) is 6.75. The summed E-state index contributed by atoms with van der Waals surface area (Å²) in [6.07, 6.45) is 4.06. The second-order valence-corrected chi connectivity index (χ2v) is 7.01. The minimum Gasteiger partial charge on any atom is -0.334 e. The van der Waals surface area contributed by atoms with E-state index in [9.17, 15) is 4.79 Å².